The SMILES string of the molecule is CCSc1ccccc1C(=O)NCC1(c2ccccc2OC)CCOCC1. The van der Waals surface area contributed by atoms with Crippen LogP contribution in [0.1, 0.15) is 35.7 Å². The molecule has 0 unspecified atom stereocenters. The van der Waals surface area contributed by atoms with Crippen LogP contribution in [0.15, 0.2) is 53.4 Å². The van der Waals surface area contributed by atoms with E-state index in [0.29, 0.717) is 19.8 Å². The van der Waals surface area contributed by atoms with Gasteiger partial charge in [-0.25, -0.2) is 0 Å². The Morgan fingerprint density at radius 1 is 1.15 bits per heavy atom. The molecule has 0 aromatic heterocycles. The van der Waals surface area contributed by atoms with Crippen molar-refractivity contribution >= 4 is 17.7 Å². The van der Waals surface area contributed by atoms with Gasteiger partial charge in [0.2, 0.25) is 0 Å². The lowest BCUT2D eigenvalue weighted by atomic mass is 9.73. The quantitative estimate of drug-likeness (QED) is 0.723. The molecule has 0 bridgehead atoms. The van der Waals surface area contributed by atoms with E-state index in [9.17, 15) is 4.79 Å². The second-order valence-electron chi connectivity index (χ2n) is 6.70. The molecule has 2 aromatic carbocycles. The zero-order valence-electron chi connectivity index (χ0n) is 16.0. The summed E-state index contributed by atoms with van der Waals surface area (Å²) >= 11 is 1.69. The Balaban J connectivity index is 1.83. The number of hydrogen-bond donors (Lipinski definition) is 1. The smallest absolute Gasteiger partial charge is 0.252 e. The maximum Gasteiger partial charge on any atom is 0.252 e. The van der Waals surface area contributed by atoms with Crippen LogP contribution < -0.4 is 10.1 Å². The summed E-state index contributed by atoms with van der Waals surface area (Å²) < 4.78 is 11.2. The summed E-state index contributed by atoms with van der Waals surface area (Å²) in [6, 6.07) is 15.9. The first-order valence-electron chi connectivity index (χ1n) is 9.41. The van der Waals surface area contributed by atoms with Crippen molar-refractivity contribution in [3.05, 3.63) is 59.7 Å². The molecule has 1 heterocycles. The van der Waals surface area contributed by atoms with Gasteiger partial charge in [0, 0.05) is 35.6 Å². The maximum atomic E-state index is 12.9. The fourth-order valence-electron chi connectivity index (χ4n) is 3.67. The fourth-order valence-corrected chi connectivity index (χ4v) is 4.47. The summed E-state index contributed by atoms with van der Waals surface area (Å²) in [7, 11) is 1.70. The standard InChI is InChI=1S/C22H27NO3S/c1-3-27-20-11-7-4-8-17(20)21(24)23-16-22(12-14-26-15-13-22)18-9-5-6-10-19(18)25-2/h4-11H,3,12-16H2,1-2H3,(H,23,24). The summed E-state index contributed by atoms with van der Waals surface area (Å²) in [5, 5.41) is 3.19. The number of ether oxygens (including phenoxy) is 2. The first-order valence-corrected chi connectivity index (χ1v) is 10.4. The van der Waals surface area contributed by atoms with E-state index in [2.05, 4.69) is 18.3 Å². The number of amides is 1. The Bertz CT molecular complexity index is 772. The van der Waals surface area contributed by atoms with Crippen molar-refractivity contribution in [2.75, 3.05) is 32.6 Å². The lowest BCUT2D eigenvalue weighted by molar-refractivity contribution is 0.0479. The molecule has 3 rings (SSSR count). The molecule has 0 atom stereocenters. The third-order valence-electron chi connectivity index (χ3n) is 5.15. The molecule has 1 aliphatic rings. The van der Waals surface area contributed by atoms with E-state index in [0.717, 1.165) is 40.4 Å². The van der Waals surface area contributed by atoms with Gasteiger partial charge in [0.1, 0.15) is 5.75 Å². The average molecular weight is 386 g/mol. The molecule has 4 nitrogen and oxygen atoms in total. The van der Waals surface area contributed by atoms with Crippen molar-refractivity contribution < 1.29 is 14.3 Å². The Hall–Kier alpha value is -1.98. The van der Waals surface area contributed by atoms with E-state index in [1.807, 2.05) is 42.5 Å². The van der Waals surface area contributed by atoms with Gasteiger partial charge in [0.05, 0.1) is 12.7 Å². The molecule has 1 fully saturated rings. The number of thioether (sulfide) groups is 1. The molecule has 0 saturated carbocycles. The van der Waals surface area contributed by atoms with Gasteiger partial charge in [0.25, 0.3) is 5.91 Å². The molecule has 0 aliphatic carbocycles. The lowest BCUT2D eigenvalue weighted by Gasteiger charge is -2.38. The van der Waals surface area contributed by atoms with Gasteiger partial charge in [-0.15, -0.1) is 11.8 Å². The van der Waals surface area contributed by atoms with Crippen LogP contribution in [0.2, 0.25) is 0 Å². The minimum atomic E-state index is -0.173. The van der Waals surface area contributed by atoms with Gasteiger partial charge < -0.3 is 14.8 Å². The zero-order chi connectivity index (χ0) is 19.1. The van der Waals surface area contributed by atoms with Gasteiger partial charge >= 0.3 is 0 Å². The fraction of sp³-hybridized carbons (Fsp3) is 0.409. The van der Waals surface area contributed by atoms with Crippen LogP contribution >= 0.6 is 11.8 Å². The first-order chi connectivity index (χ1) is 13.2. The highest BCUT2D eigenvalue weighted by molar-refractivity contribution is 7.99. The van der Waals surface area contributed by atoms with Crippen LogP contribution in [0.3, 0.4) is 0 Å². The Morgan fingerprint density at radius 3 is 2.59 bits per heavy atom. The lowest BCUT2D eigenvalue weighted by Crippen LogP contribution is -2.44. The highest BCUT2D eigenvalue weighted by Gasteiger charge is 2.37. The molecular weight excluding hydrogens is 358 g/mol. The van der Waals surface area contributed by atoms with Crippen molar-refractivity contribution in [1.29, 1.82) is 0 Å². The van der Waals surface area contributed by atoms with Crippen molar-refractivity contribution in [3.8, 4) is 5.75 Å². The summed E-state index contributed by atoms with van der Waals surface area (Å²) in [5.41, 5.74) is 1.71. The molecule has 5 heteroatoms. The van der Waals surface area contributed by atoms with Gasteiger partial charge in [-0.1, -0.05) is 37.3 Å². The van der Waals surface area contributed by atoms with Gasteiger partial charge in [0.15, 0.2) is 0 Å². The number of carbonyl (C=O) groups excluding carboxylic acids is 1. The Kier molecular flexibility index (Phi) is 6.80. The topological polar surface area (TPSA) is 47.6 Å². The molecule has 2 aromatic rings. The van der Waals surface area contributed by atoms with E-state index >= 15 is 0 Å². The highest BCUT2D eigenvalue weighted by atomic mass is 32.2. The summed E-state index contributed by atoms with van der Waals surface area (Å²) in [5.74, 6) is 1.79. The number of hydrogen-bond acceptors (Lipinski definition) is 4. The minimum absolute atomic E-state index is 0.0210. The number of rotatable bonds is 7. The summed E-state index contributed by atoms with van der Waals surface area (Å²) in [6.07, 6.45) is 1.72. The molecule has 1 aliphatic heterocycles. The van der Waals surface area contributed by atoms with Gasteiger partial charge in [-0.05, 0) is 36.8 Å². The second kappa shape index (κ2) is 9.29. The van der Waals surface area contributed by atoms with Crippen LogP contribution in [0.25, 0.3) is 0 Å². The average Bonchev–Trinajstić information content (AvgIpc) is 2.73. The number of methoxy groups -OCH3 is 1. The molecule has 0 spiro atoms. The molecule has 1 amide bonds. The Labute approximate surface area is 165 Å². The molecule has 1 N–H and O–H groups in total. The van der Waals surface area contributed by atoms with Crippen LogP contribution in [-0.2, 0) is 10.2 Å². The highest BCUT2D eigenvalue weighted by Crippen LogP contribution is 2.39. The number of benzene rings is 2. The van der Waals surface area contributed by atoms with E-state index in [-0.39, 0.29) is 11.3 Å². The summed E-state index contributed by atoms with van der Waals surface area (Å²) in [6.45, 7) is 4.05. The van der Waals surface area contributed by atoms with Crippen LogP contribution in [0.4, 0.5) is 0 Å². The normalized spacial score (nSPS) is 15.9. The minimum Gasteiger partial charge on any atom is -0.496 e. The van der Waals surface area contributed by atoms with E-state index in [1.165, 1.54) is 0 Å². The third kappa shape index (κ3) is 4.47. The number of nitrogens with one attached hydrogen (secondary N) is 1. The maximum absolute atomic E-state index is 12.9. The molecule has 1 saturated heterocycles. The van der Waals surface area contributed by atoms with Crippen LogP contribution in [0.5, 0.6) is 5.75 Å². The van der Waals surface area contributed by atoms with E-state index in [1.54, 1.807) is 18.9 Å². The molecule has 0 radical (unpaired) electrons. The predicted molar refractivity (Wildman–Crippen MR) is 110 cm³/mol. The molecule has 27 heavy (non-hydrogen) atoms. The first kappa shape index (κ1) is 19.8. The van der Waals surface area contributed by atoms with Crippen molar-refractivity contribution in [3.63, 3.8) is 0 Å². The number of carbonyl (C=O) groups is 1. The predicted octanol–water partition coefficient (Wildman–Crippen LogP) is 4.29. The van der Waals surface area contributed by atoms with E-state index in [4.69, 9.17) is 9.47 Å². The van der Waals surface area contributed by atoms with Gasteiger partial charge in [-0.3, -0.25) is 4.79 Å². The third-order valence-corrected chi connectivity index (χ3v) is 6.10. The van der Waals surface area contributed by atoms with Crippen molar-refractivity contribution in [2.24, 2.45) is 0 Å². The van der Waals surface area contributed by atoms with Crippen LogP contribution in [0, 0.1) is 0 Å². The van der Waals surface area contributed by atoms with Crippen molar-refractivity contribution in [2.45, 2.75) is 30.1 Å². The second-order valence-corrected chi connectivity index (χ2v) is 8.01. The Morgan fingerprint density at radius 2 is 1.85 bits per heavy atom. The van der Waals surface area contributed by atoms with E-state index < -0.39 is 0 Å². The summed E-state index contributed by atoms with van der Waals surface area (Å²) in [4.78, 5) is 13.9. The van der Waals surface area contributed by atoms with Crippen molar-refractivity contribution in [1.82, 2.24) is 5.32 Å². The largest absolute Gasteiger partial charge is 0.496 e. The monoisotopic (exact) mass is 385 g/mol. The molecule has 144 valence electrons. The van der Waals surface area contributed by atoms with Crippen LogP contribution in [-0.4, -0.2) is 38.5 Å². The zero-order valence-corrected chi connectivity index (χ0v) is 16.8. The molecular formula is C22H27NO3S. The van der Waals surface area contributed by atoms with Gasteiger partial charge in [-0.2, -0.15) is 0 Å². The number of para-hydroxylation sites is 1.